The van der Waals surface area contributed by atoms with Gasteiger partial charge in [0.25, 0.3) is 0 Å². The zero-order valence-electron chi connectivity index (χ0n) is 18.9. The van der Waals surface area contributed by atoms with E-state index in [1.54, 1.807) is 0 Å². The second-order valence-corrected chi connectivity index (χ2v) is 8.61. The van der Waals surface area contributed by atoms with Crippen LogP contribution in [0.25, 0.3) is 22.3 Å². The van der Waals surface area contributed by atoms with Gasteiger partial charge >= 0.3 is 7.25 Å². The molecule has 1 aliphatic rings. The number of hydrogen-bond acceptors (Lipinski definition) is 1. The number of nitrogens with zero attached hydrogens (tertiary/aromatic N) is 1. The lowest BCUT2D eigenvalue weighted by molar-refractivity contribution is -0.914. The standard InChI is InChI=1S/C26H30NO.BF4/c1-27(18-9-4-10-19-27)20-21-28-26-24(22-12-5-2-6-13-22)16-11-17-25(26)23-14-7-3-8-15-23;2-1(3,4)5/h2-3,5-8,11-17H,4,9-10,18-21H2,1H3;/q+1;-1. The first-order chi connectivity index (χ1) is 15.8. The van der Waals surface area contributed by atoms with Crippen molar-refractivity contribution in [2.45, 2.75) is 19.3 Å². The monoisotopic (exact) mass is 459 g/mol. The highest BCUT2D eigenvalue weighted by Crippen LogP contribution is 2.39. The van der Waals surface area contributed by atoms with E-state index in [1.165, 1.54) is 54.6 Å². The maximum Gasteiger partial charge on any atom is 0.673 e. The third-order valence-corrected chi connectivity index (χ3v) is 5.96. The smallest absolute Gasteiger partial charge is 0.486 e. The van der Waals surface area contributed by atoms with Crippen LogP contribution in [0.1, 0.15) is 19.3 Å². The summed E-state index contributed by atoms with van der Waals surface area (Å²) in [4.78, 5) is 0. The summed E-state index contributed by atoms with van der Waals surface area (Å²) in [5.74, 6) is 1.00. The highest BCUT2D eigenvalue weighted by Gasteiger charge is 2.25. The van der Waals surface area contributed by atoms with Gasteiger partial charge in [0.2, 0.25) is 0 Å². The summed E-state index contributed by atoms with van der Waals surface area (Å²) in [6.45, 7) is 4.36. The van der Waals surface area contributed by atoms with Crippen LogP contribution < -0.4 is 4.74 Å². The lowest BCUT2D eigenvalue weighted by atomic mass is 9.97. The summed E-state index contributed by atoms with van der Waals surface area (Å²) >= 11 is 0. The van der Waals surface area contributed by atoms with Gasteiger partial charge in [-0.05, 0) is 30.4 Å². The number of para-hydroxylation sites is 1. The van der Waals surface area contributed by atoms with E-state index in [1.807, 2.05) is 0 Å². The number of likely N-dealkylation sites (N-methyl/N-ethyl adjacent to an activating group) is 1. The van der Waals surface area contributed by atoms with Crippen molar-refractivity contribution in [1.29, 1.82) is 0 Å². The first kappa shape index (κ1) is 24.8. The van der Waals surface area contributed by atoms with Crippen molar-refractivity contribution >= 4 is 7.25 Å². The molecule has 0 spiro atoms. The molecule has 3 aromatic rings. The van der Waals surface area contributed by atoms with Crippen molar-refractivity contribution in [3.05, 3.63) is 78.9 Å². The van der Waals surface area contributed by atoms with Crippen LogP contribution >= 0.6 is 0 Å². The number of rotatable bonds is 6. The van der Waals surface area contributed by atoms with Crippen molar-refractivity contribution in [1.82, 2.24) is 0 Å². The molecule has 0 N–H and O–H groups in total. The molecule has 0 saturated carbocycles. The molecule has 0 bridgehead atoms. The molecule has 0 unspecified atom stereocenters. The van der Waals surface area contributed by atoms with Gasteiger partial charge in [-0.1, -0.05) is 78.9 Å². The van der Waals surface area contributed by atoms with Crippen LogP contribution in [0, 0.1) is 0 Å². The molecule has 1 aliphatic heterocycles. The molecular weight excluding hydrogens is 429 g/mol. The second kappa shape index (κ2) is 11.4. The Labute approximate surface area is 193 Å². The van der Waals surface area contributed by atoms with Crippen molar-refractivity contribution in [3.8, 4) is 28.0 Å². The molecule has 176 valence electrons. The largest absolute Gasteiger partial charge is 0.673 e. The van der Waals surface area contributed by atoms with Crippen molar-refractivity contribution in [2.75, 3.05) is 33.3 Å². The van der Waals surface area contributed by atoms with Crippen LogP contribution in [0.15, 0.2) is 78.9 Å². The predicted octanol–water partition coefficient (Wildman–Crippen LogP) is 7.33. The minimum absolute atomic E-state index is 0.750. The van der Waals surface area contributed by atoms with Crippen molar-refractivity contribution < 1.29 is 26.5 Å². The van der Waals surface area contributed by atoms with E-state index in [2.05, 4.69) is 85.9 Å². The average molecular weight is 459 g/mol. The van der Waals surface area contributed by atoms with Gasteiger partial charge in [0, 0.05) is 11.1 Å². The molecule has 0 aromatic heterocycles. The van der Waals surface area contributed by atoms with Crippen molar-refractivity contribution in [2.24, 2.45) is 0 Å². The Bertz CT molecular complexity index is 926. The molecule has 0 aliphatic carbocycles. The van der Waals surface area contributed by atoms with E-state index in [-0.39, 0.29) is 0 Å². The molecule has 1 saturated heterocycles. The first-order valence-electron chi connectivity index (χ1n) is 11.3. The van der Waals surface area contributed by atoms with Crippen molar-refractivity contribution in [3.63, 3.8) is 0 Å². The SMILES string of the molecule is C[N+]1(CCOc2c(-c3ccccc3)cccc2-c2ccccc2)CCCCC1.F[B-](F)(F)F. The minimum Gasteiger partial charge on any atom is -0.486 e. The molecule has 1 fully saturated rings. The van der Waals surface area contributed by atoms with Gasteiger partial charge < -0.3 is 26.5 Å². The Kier molecular flexibility index (Phi) is 8.56. The summed E-state index contributed by atoms with van der Waals surface area (Å²) in [6.07, 6.45) is 4.06. The van der Waals surface area contributed by atoms with E-state index >= 15 is 0 Å². The van der Waals surface area contributed by atoms with E-state index < -0.39 is 7.25 Å². The van der Waals surface area contributed by atoms with Crippen LogP contribution in [-0.2, 0) is 0 Å². The normalized spacial score (nSPS) is 15.3. The van der Waals surface area contributed by atoms with E-state index in [9.17, 15) is 17.3 Å². The van der Waals surface area contributed by atoms with Gasteiger partial charge in [-0.2, -0.15) is 0 Å². The van der Waals surface area contributed by atoms with Crippen LogP contribution in [-0.4, -0.2) is 45.0 Å². The summed E-state index contributed by atoms with van der Waals surface area (Å²) < 4.78 is 46.7. The maximum absolute atomic E-state index is 9.75. The van der Waals surface area contributed by atoms with Crippen LogP contribution in [0.5, 0.6) is 5.75 Å². The second-order valence-electron chi connectivity index (χ2n) is 8.61. The fourth-order valence-electron chi connectivity index (χ4n) is 4.25. The van der Waals surface area contributed by atoms with Crippen LogP contribution in [0.4, 0.5) is 17.3 Å². The molecule has 0 atom stereocenters. The fraction of sp³-hybridized carbons (Fsp3) is 0.308. The average Bonchev–Trinajstić information content (AvgIpc) is 2.80. The fourth-order valence-corrected chi connectivity index (χ4v) is 4.25. The number of ether oxygens (including phenoxy) is 1. The zero-order chi connectivity index (χ0) is 23.7. The van der Waals surface area contributed by atoms with Gasteiger partial charge in [-0.3, -0.25) is 0 Å². The lowest BCUT2D eigenvalue weighted by Gasteiger charge is -2.37. The quantitative estimate of drug-likeness (QED) is 0.213. The lowest BCUT2D eigenvalue weighted by Crippen LogP contribution is -2.50. The van der Waals surface area contributed by atoms with E-state index in [0.29, 0.717) is 0 Å². The summed E-state index contributed by atoms with van der Waals surface area (Å²) in [5, 5.41) is 0. The van der Waals surface area contributed by atoms with Gasteiger partial charge in [0.05, 0.1) is 20.1 Å². The Morgan fingerprint density at radius 1 is 0.697 bits per heavy atom. The van der Waals surface area contributed by atoms with Crippen LogP contribution in [0.3, 0.4) is 0 Å². The summed E-state index contributed by atoms with van der Waals surface area (Å²) in [6, 6.07) is 27.6. The van der Waals surface area contributed by atoms with E-state index in [4.69, 9.17) is 4.74 Å². The molecule has 0 radical (unpaired) electrons. The number of quaternary nitrogens is 1. The molecule has 33 heavy (non-hydrogen) atoms. The van der Waals surface area contributed by atoms with Crippen LogP contribution in [0.2, 0.25) is 0 Å². The van der Waals surface area contributed by atoms with E-state index in [0.717, 1.165) is 23.4 Å². The molecule has 3 aromatic carbocycles. The molecular formula is C26H30BF4NO. The topological polar surface area (TPSA) is 9.23 Å². The number of likely N-dealkylation sites (tertiary alicyclic amines) is 1. The third-order valence-electron chi connectivity index (χ3n) is 5.96. The Morgan fingerprint density at radius 2 is 1.15 bits per heavy atom. The van der Waals surface area contributed by atoms with Gasteiger partial charge in [-0.25, -0.2) is 0 Å². The number of halogens is 4. The molecule has 7 heteroatoms. The number of benzene rings is 3. The molecule has 2 nitrogen and oxygen atoms in total. The Hall–Kier alpha value is -2.80. The predicted molar refractivity (Wildman–Crippen MR) is 128 cm³/mol. The Balaban J connectivity index is 0.000000555. The van der Waals surface area contributed by atoms with Gasteiger partial charge in [-0.15, -0.1) is 0 Å². The number of piperidine rings is 1. The summed E-state index contributed by atoms with van der Waals surface area (Å²) in [5.41, 5.74) is 4.74. The third kappa shape index (κ3) is 7.93. The summed E-state index contributed by atoms with van der Waals surface area (Å²) in [7, 11) is -3.62. The molecule has 0 amide bonds. The zero-order valence-corrected chi connectivity index (χ0v) is 18.9. The molecule has 1 heterocycles. The minimum atomic E-state index is -6.00. The molecule has 4 rings (SSSR count). The first-order valence-corrected chi connectivity index (χ1v) is 11.3. The maximum atomic E-state index is 9.75. The number of hydrogen-bond donors (Lipinski definition) is 0. The van der Waals surface area contributed by atoms with Gasteiger partial charge in [0.15, 0.2) is 0 Å². The Morgan fingerprint density at radius 3 is 1.61 bits per heavy atom. The highest BCUT2D eigenvalue weighted by atomic mass is 19.5. The van der Waals surface area contributed by atoms with Gasteiger partial charge in [0.1, 0.15) is 18.9 Å². The highest BCUT2D eigenvalue weighted by molar-refractivity contribution is 6.50.